The molecule has 0 amide bonds. The zero-order valence-electron chi connectivity index (χ0n) is 18.3. The first kappa shape index (κ1) is 23.5. The van der Waals surface area contributed by atoms with Gasteiger partial charge in [0.2, 0.25) is 0 Å². The minimum absolute atomic E-state index is 0. The van der Waals surface area contributed by atoms with Crippen molar-refractivity contribution >= 4 is 29.9 Å². The van der Waals surface area contributed by atoms with Crippen molar-refractivity contribution in [2.24, 2.45) is 4.99 Å². The van der Waals surface area contributed by atoms with Gasteiger partial charge in [0, 0.05) is 57.4 Å². The first-order valence-corrected chi connectivity index (χ1v) is 11.8. The number of likely N-dealkylation sites (tertiary alicyclic amines) is 1. The molecule has 2 heterocycles. The van der Waals surface area contributed by atoms with Gasteiger partial charge in [-0.2, -0.15) is 0 Å². The van der Waals surface area contributed by atoms with Crippen LogP contribution in [-0.4, -0.2) is 86.4 Å². The predicted octanol–water partition coefficient (Wildman–Crippen LogP) is 2.82. The number of ether oxygens (including phenoxy) is 1. The number of hydrogen-bond donors (Lipinski definition) is 2. The molecule has 7 heteroatoms. The lowest BCUT2D eigenvalue weighted by Gasteiger charge is -2.48. The molecule has 2 aliphatic carbocycles. The van der Waals surface area contributed by atoms with Crippen LogP contribution in [0.5, 0.6) is 0 Å². The van der Waals surface area contributed by atoms with E-state index in [-0.39, 0.29) is 29.5 Å². The Hall–Kier alpha value is -0.120. The highest BCUT2D eigenvalue weighted by atomic mass is 127. The lowest BCUT2D eigenvalue weighted by Crippen LogP contribution is -2.61. The molecule has 6 nitrogen and oxygen atoms in total. The minimum atomic E-state index is 0. The molecule has 2 saturated carbocycles. The summed E-state index contributed by atoms with van der Waals surface area (Å²) in [6.07, 6.45) is 13.6. The standard InChI is InChI=1S/C22H41N5O.HI/c1-23-21(25-19-9-12-26(17-19)20-7-3-4-8-20)24-18-22(10-5-2-6-11-22)27-13-15-28-16-14-27;/h19-20H,2-18H2,1H3,(H2,23,24,25);1H. The van der Waals surface area contributed by atoms with Gasteiger partial charge >= 0.3 is 0 Å². The fraction of sp³-hybridized carbons (Fsp3) is 0.955. The van der Waals surface area contributed by atoms with E-state index in [4.69, 9.17) is 4.74 Å². The maximum atomic E-state index is 5.62. The van der Waals surface area contributed by atoms with E-state index in [1.807, 2.05) is 7.05 Å². The van der Waals surface area contributed by atoms with Crippen molar-refractivity contribution in [2.75, 3.05) is 53.0 Å². The summed E-state index contributed by atoms with van der Waals surface area (Å²) >= 11 is 0. The summed E-state index contributed by atoms with van der Waals surface area (Å²) in [5.74, 6) is 0.997. The minimum Gasteiger partial charge on any atom is -0.379 e. The Morgan fingerprint density at radius 2 is 1.72 bits per heavy atom. The van der Waals surface area contributed by atoms with E-state index in [0.29, 0.717) is 6.04 Å². The molecule has 1 unspecified atom stereocenters. The van der Waals surface area contributed by atoms with Crippen molar-refractivity contribution in [3.63, 3.8) is 0 Å². The predicted molar refractivity (Wildman–Crippen MR) is 130 cm³/mol. The summed E-state index contributed by atoms with van der Waals surface area (Å²) in [5.41, 5.74) is 0.283. The molecule has 0 radical (unpaired) electrons. The van der Waals surface area contributed by atoms with E-state index in [9.17, 15) is 0 Å². The molecule has 4 aliphatic rings. The van der Waals surface area contributed by atoms with Gasteiger partial charge in [-0.05, 0) is 32.1 Å². The summed E-state index contributed by atoms with van der Waals surface area (Å²) in [5, 5.41) is 7.46. The monoisotopic (exact) mass is 519 g/mol. The quantitative estimate of drug-likeness (QED) is 0.333. The van der Waals surface area contributed by atoms with Gasteiger partial charge in [-0.3, -0.25) is 14.8 Å². The molecule has 0 aromatic rings. The number of aliphatic imine (C=N–C) groups is 1. The van der Waals surface area contributed by atoms with E-state index < -0.39 is 0 Å². The molecule has 0 aromatic carbocycles. The fourth-order valence-electron chi connectivity index (χ4n) is 5.99. The molecule has 2 aliphatic heterocycles. The first-order chi connectivity index (χ1) is 13.8. The molecule has 0 spiro atoms. The number of nitrogens with one attached hydrogen (secondary N) is 2. The molecule has 168 valence electrons. The fourth-order valence-corrected chi connectivity index (χ4v) is 5.99. The maximum absolute atomic E-state index is 5.62. The number of hydrogen-bond acceptors (Lipinski definition) is 4. The summed E-state index contributed by atoms with van der Waals surface area (Å²) in [7, 11) is 1.92. The van der Waals surface area contributed by atoms with Gasteiger partial charge in [0.15, 0.2) is 5.96 Å². The van der Waals surface area contributed by atoms with Gasteiger partial charge in [0.05, 0.1) is 13.2 Å². The van der Waals surface area contributed by atoms with Crippen LogP contribution >= 0.6 is 24.0 Å². The molecule has 1 atom stereocenters. The number of halogens is 1. The highest BCUT2D eigenvalue weighted by Crippen LogP contribution is 2.34. The molecule has 0 aromatic heterocycles. The van der Waals surface area contributed by atoms with Crippen molar-refractivity contribution in [2.45, 2.75) is 81.8 Å². The maximum Gasteiger partial charge on any atom is 0.191 e. The van der Waals surface area contributed by atoms with Crippen molar-refractivity contribution in [3.8, 4) is 0 Å². The van der Waals surface area contributed by atoms with Crippen molar-refractivity contribution < 1.29 is 4.74 Å². The Kier molecular flexibility index (Phi) is 9.32. The van der Waals surface area contributed by atoms with Crippen LogP contribution in [0.15, 0.2) is 4.99 Å². The number of morpholine rings is 1. The van der Waals surface area contributed by atoms with Crippen molar-refractivity contribution in [3.05, 3.63) is 0 Å². The summed E-state index contributed by atoms with van der Waals surface area (Å²) in [6.45, 7) is 7.35. The highest BCUT2D eigenvalue weighted by molar-refractivity contribution is 14.0. The number of rotatable bonds is 5. The smallest absolute Gasteiger partial charge is 0.191 e. The Bertz CT molecular complexity index is 513. The number of nitrogens with zero attached hydrogens (tertiary/aromatic N) is 3. The van der Waals surface area contributed by atoms with Crippen LogP contribution in [0.1, 0.15) is 64.2 Å². The van der Waals surface area contributed by atoms with E-state index in [1.54, 1.807) is 0 Å². The SMILES string of the molecule is CN=C(NCC1(N2CCOCC2)CCCCC1)NC1CCN(C2CCCC2)C1.I. The van der Waals surface area contributed by atoms with Crippen molar-refractivity contribution in [1.29, 1.82) is 0 Å². The molecular formula is C22H42IN5O. The molecule has 4 fully saturated rings. The van der Waals surface area contributed by atoms with Crippen LogP contribution in [0.4, 0.5) is 0 Å². The summed E-state index contributed by atoms with van der Waals surface area (Å²) in [4.78, 5) is 9.99. The van der Waals surface area contributed by atoms with Gasteiger partial charge < -0.3 is 15.4 Å². The Labute approximate surface area is 194 Å². The second kappa shape index (κ2) is 11.5. The van der Waals surface area contributed by atoms with Crippen LogP contribution < -0.4 is 10.6 Å². The lowest BCUT2D eigenvalue weighted by molar-refractivity contribution is -0.0352. The van der Waals surface area contributed by atoms with Gasteiger partial charge in [-0.25, -0.2) is 0 Å². The normalized spacial score (nSPS) is 29.6. The summed E-state index contributed by atoms with van der Waals surface area (Å²) in [6, 6.07) is 1.38. The van der Waals surface area contributed by atoms with Gasteiger partial charge in [-0.1, -0.05) is 32.1 Å². The highest BCUT2D eigenvalue weighted by Gasteiger charge is 2.39. The topological polar surface area (TPSA) is 52.1 Å². The zero-order chi connectivity index (χ0) is 19.2. The Balaban J connectivity index is 0.00000240. The van der Waals surface area contributed by atoms with Crippen LogP contribution in [-0.2, 0) is 4.74 Å². The Morgan fingerprint density at radius 1 is 1.00 bits per heavy atom. The lowest BCUT2D eigenvalue weighted by atomic mass is 9.80. The molecule has 29 heavy (non-hydrogen) atoms. The first-order valence-electron chi connectivity index (χ1n) is 11.8. The van der Waals surface area contributed by atoms with Crippen LogP contribution in [0, 0.1) is 0 Å². The van der Waals surface area contributed by atoms with Crippen LogP contribution in [0.3, 0.4) is 0 Å². The molecule has 2 saturated heterocycles. The van der Waals surface area contributed by atoms with Crippen LogP contribution in [0.25, 0.3) is 0 Å². The second-order valence-electron chi connectivity index (χ2n) is 9.37. The van der Waals surface area contributed by atoms with Gasteiger partial charge in [0.1, 0.15) is 0 Å². The third-order valence-corrected chi connectivity index (χ3v) is 7.68. The zero-order valence-corrected chi connectivity index (χ0v) is 20.7. The largest absolute Gasteiger partial charge is 0.379 e. The van der Waals surface area contributed by atoms with E-state index >= 15 is 0 Å². The molecule has 2 N–H and O–H groups in total. The Morgan fingerprint density at radius 3 is 2.41 bits per heavy atom. The third kappa shape index (κ3) is 5.98. The van der Waals surface area contributed by atoms with E-state index in [0.717, 1.165) is 44.8 Å². The van der Waals surface area contributed by atoms with Gasteiger partial charge in [0.25, 0.3) is 0 Å². The third-order valence-electron chi connectivity index (χ3n) is 7.68. The van der Waals surface area contributed by atoms with E-state index in [2.05, 4.69) is 25.4 Å². The molecule has 4 rings (SSSR count). The average molecular weight is 520 g/mol. The molecular weight excluding hydrogens is 477 g/mol. The molecule has 0 bridgehead atoms. The second-order valence-corrected chi connectivity index (χ2v) is 9.37. The number of guanidine groups is 1. The van der Waals surface area contributed by atoms with Crippen molar-refractivity contribution in [1.82, 2.24) is 20.4 Å². The van der Waals surface area contributed by atoms with E-state index in [1.165, 1.54) is 77.3 Å². The van der Waals surface area contributed by atoms with Gasteiger partial charge in [-0.15, -0.1) is 24.0 Å². The van der Waals surface area contributed by atoms with Crippen LogP contribution in [0.2, 0.25) is 0 Å². The average Bonchev–Trinajstić information content (AvgIpc) is 3.44. The summed E-state index contributed by atoms with van der Waals surface area (Å²) < 4.78 is 5.62.